The Morgan fingerprint density at radius 3 is 2.50 bits per heavy atom. The molecule has 0 saturated carbocycles. The molecule has 0 unspecified atom stereocenters. The molecular formula is C15H12BrClFNO. The van der Waals surface area contributed by atoms with Crippen molar-refractivity contribution in [2.24, 2.45) is 0 Å². The number of amides is 1. The zero-order chi connectivity index (χ0) is 14.5. The zero-order valence-electron chi connectivity index (χ0n) is 10.5. The highest BCUT2D eigenvalue weighted by Gasteiger charge is 2.09. The van der Waals surface area contributed by atoms with E-state index in [1.54, 1.807) is 0 Å². The van der Waals surface area contributed by atoms with Crippen LogP contribution in [0.25, 0.3) is 0 Å². The van der Waals surface area contributed by atoms with Crippen LogP contribution in [-0.2, 0) is 6.42 Å². The first-order valence-corrected chi connectivity index (χ1v) is 7.51. The summed E-state index contributed by atoms with van der Waals surface area (Å²) in [5.41, 5.74) is 2.08. The number of aryl methyl sites for hydroxylation is 1. The van der Waals surface area contributed by atoms with Crippen molar-refractivity contribution >= 4 is 39.1 Å². The van der Waals surface area contributed by atoms with E-state index in [9.17, 15) is 9.18 Å². The van der Waals surface area contributed by atoms with E-state index in [1.807, 2.05) is 24.3 Å². The molecule has 0 bridgehead atoms. The van der Waals surface area contributed by atoms with Gasteiger partial charge in [-0.3, -0.25) is 4.79 Å². The van der Waals surface area contributed by atoms with Gasteiger partial charge in [0.05, 0.1) is 5.02 Å². The van der Waals surface area contributed by atoms with Gasteiger partial charge in [0, 0.05) is 16.6 Å². The van der Waals surface area contributed by atoms with Gasteiger partial charge in [0.2, 0.25) is 0 Å². The highest BCUT2D eigenvalue weighted by molar-refractivity contribution is 9.09. The predicted molar refractivity (Wildman–Crippen MR) is 83.3 cm³/mol. The van der Waals surface area contributed by atoms with Crippen molar-refractivity contribution in [1.29, 1.82) is 0 Å². The maximum Gasteiger partial charge on any atom is 0.255 e. The Labute approximate surface area is 130 Å². The average Bonchev–Trinajstić information content (AvgIpc) is 2.44. The van der Waals surface area contributed by atoms with Crippen molar-refractivity contribution < 1.29 is 9.18 Å². The van der Waals surface area contributed by atoms with Gasteiger partial charge in [-0.05, 0) is 42.3 Å². The van der Waals surface area contributed by atoms with Crippen LogP contribution in [0.3, 0.4) is 0 Å². The Balaban J connectivity index is 2.08. The summed E-state index contributed by atoms with van der Waals surface area (Å²) in [6.45, 7) is 0. The van der Waals surface area contributed by atoms with E-state index in [-0.39, 0.29) is 16.5 Å². The Bertz CT molecular complexity index is 616. The van der Waals surface area contributed by atoms with Crippen LogP contribution in [0.2, 0.25) is 5.02 Å². The summed E-state index contributed by atoms with van der Waals surface area (Å²) in [4.78, 5) is 12.0. The van der Waals surface area contributed by atoms with E-state index in [0.29, 0.717) is 5.69 Å². The molecule has 1 amide bonds. The van der Waals surface area contributed by atoms with Crippen molar-refractivity contribution in [2.45, 2.75) is 6.42 Å². The van der Waals surface area contributed by atoms with Crippen LogP contribution < -0.4 is 5.32 Å². The molecule has 0 aromatic heterocycles. The lowest BCUT2D eigenvalue weighted by Crippen LogP contribution is -2.12. The van der Waals surface area contributed by atoms with E-state index in [2.05, 4.69) is 21.2 Å². The van der Waals surface area contributed by atoms with E-state index in [1.165, 1.54) is 17.7 Å². The third-order valence-corrected chi connectivity index (χ3v) is 3.48. The zero-order valence-corrected chi connectivity index (χ0v) is 12.8. The summed E-state index contributed by atoms with van der Waals surface area (Å²) in [6, 6.07) is 11.5. The maximum absolute atomic E-state index is 13.3. The molecule has 2 rings (SSSR count). The number of halogens is 3. The van der Waals surface area contributed by atoms with Crippen molar-refractivity contribution in [1.82, 2.24) is 0 Å². The number of alkyl halides is 1. The fourth-order valence-corrected chi connectivity index (χ4v) is 2.28. The summed E-state index contributed by atoms with van der Waals surface area (Å²) >= 11 is 8.95. The van der Waals surface area contributed by atoms with E-state index < -0.39 is 5.82 Å². The number of hydrogen-bond donors (Lipinski definition) is 1. The van der Waals surface area contributed by atoms with Gasteiger partial charge in [0.25, 0.3) is 5.91 Å². The molecule has 0 fully saturated rings. The van der Waals surface area contributed by atoms with Crippen LogP contribution in [-0.4, -0.2) is 11.2 Å². The fraction of sp³-hybridized carbons (Fsp3) is 0.133. The molecule has 0 aliphatic carbocycles. The molecule has 1 N–H and O–H groups in total. The first-order chi connectivity index (χ1) is 9.60. The molecule has 2 aromatic rings. The minimum absolute atomic E-state index is 0.000626. The number of benzene rings is 2. The van der Waals surface area contributed by atoms with Gasteiger partial charge < -0.3 is 5.32 Å². The van der Waals surface area contributed by atoms with Crippen LogP contribution in [0, 0.1) is 5.82 Å². The van der Waals surface area contributed by atoms with Crippen molar-refractivity contribution in [3.63, 3.8) is 0 Å². The highest BCUT2D eigenvalue weighted by Crippen LogP contribution is 2.17. The summed E-state index contributed by atoms with van der Waals surface area (Å²) < 4.78 is 13.3. The molecule has 104 valence electrons. The third-order valence-electron chi connectivity index (χ3n) is 2.78. The Morgan fingerprint density at radius 1 is 1.20 bits per heavy atom. The van der Waals surface area contributed by atoms with E-state index in [4.69, 9.17) is 11.6 Å². The van der Waals surface area contributed by atoms with Gasteiger partial charge in [-0.2, -0.15) is 0 Å². The smallest absolute Gasteiger partial charge is 0.255 e. The van der Waals surface area contributed by atoms with E-state index >= 15 is 0 Å². The SMILES string of the molecule is O=C(Nc1ccc(CCBr)cc1)c1ccc(Cl)c(F)c1. The number of hydrogen-bond acceptors (Lipinski definition) is 1. The molecule has 0 saturated heterocycles. The molecule has 0 heterocycles. The van der Waals surface area contributed by atoms with Crippen molar-refractivity contribution in [3.8, 4) is 0 Å². The number of carbonyl (C=O) groups is 1. The standard InChI is InChI=1S/C15H12BrClFNO/c16-8-7-10-1-4-12(5-2-10)19-15(20)11-3-6-13(17)14(18)9-11/h1-6,9H,7-8H2,(H,19,20). The molecule has 0 atom stereocenters. The molecular weight excluding hydrogens is 345 g/mol. The summed E-state index contributed by atoms with van der Waals surface area (Å²) in [6.07, 6.45) is 0.927. The van der Waals surface area contributed by atoms with Crippen LogP contribution in [0.4, 0.5) is 10.1 Å². The van der Waals surface area contributed by atoms with Gasteiger partial charge in [0.15, 0.2) is 0 Å². The number of anilines is 1. The number of nitrogens with one attached hydrogen (secondary N) is 1. The predicted octanol–water partition coefficient (Wildman–Crippen LogP) is 4.67. The Kier molecular flexibility index (Phi) is 5.15. The van der Waals surface area contributed by atoms with Crippen LogP contribution in [0.15, 0.2) is 42.5 Å². The largest absolute Gasteiger partial charge is 0.322 e. The summed E-state index contributed by atoms with van der Waals surface area (Å²) in [5.74, 6) is -0.971. The Hall–Kier alpha value is -1.39. The molecule has 0 aliphatic heterocycles. The molecule has 2 nitrogen and oxygen atoms in total. The number of rotatable bonds is 4. The lowest BCUT2D eigenvalue weighted by molar-refractivity contribution is 0.102. The lowest BCUT2D eigenvalue weighted by Gasteiger charge is -2.07. The van der Waals surface area contributed by atoms with Crippen molar-refractivity contribution in [2.75, 3.05) is 10.6 Å². The molecule has 0 aliphatic rings. The summed E-state index contributed by atoms with van der Waals surface area (Å²) in [7, 11) is 0. The first kappa shape index (κ1) is 15.0. The molecule has 5 heteroatoms. The van der Waals surface area contributed by atoms with Crippen LogP contribution in [0.1, 0.15) is 15.9 Å². The van der Waals surface area contributed by atoms with Gasteiger partial charge in [-0.25, -0.2) is 4.39 Å². The average molecular weight is 357 g/mol. The van der Waals surface area contributed by atoms with Gasteiger partial charge in [0.1, 0.15) is 5.82 Å². The summed E-state index contributed by atoms with van der Waals surface area (Å²) in [5, 5.41) is 3.61. The second-order valence-electron chi connectivity index (χ2n) is 4.22. The van der Waals surface area contributed by atoms with Gasteiger partial charge in [-0.1, -0.05) is 39.7 Å². The van der Waals surface area contributed by atoms with Crippen LogP contribution >= 0.6 is 27.5 Å². The van der Waals surface area contributed by atoms with Gasteiger partial charge >= 0.3 is 0 Å². The molecule has 0 radical (unpaired) electrons. The minimum atomic E-state index is -0.605. The normalized spacial score (nSPS) is 10.3. The third kappa shape index (κ3) is 3.81. The second kappa shape index (κ2) is 6.86. The van der Waals surface area contributed by atoms with Crippen LogP contribution in [0.5, 0.6) is 0 Å². The highest BCUT2D eigenvalue weighted by atomic mass is 79.9. The Morgan fingerprint density at radius 2 is 1.90 bits per heavy atom. The number of carbonyl (C=O) groups excluding carboxylic acids is 1. The van der Waals surface area contributed by atoms with Gasteiger partial charge in [-0.15, -0.1) is 0 Å². The maximum atomic E-state index is 13.3. The molecule has 2 aromatic carbocycles. The second-order valence-corrected chi connectivity index (χ2v) is 5.42. The molecule has 0 spiro atoms. The fourth-order valence-electron chi connectivity index (χ4n) is 1.70. The van der Waals surface area contributed by atoms with E-state index in [0.717, 1.165) is 17.8 Å². The quantitative estimate of drug-likeness (QED) is 0.793. The minimum Gasteiger partial charge on any atom is -0.322 e. The molecule has 20 heavy (non-hydrogen) atoms. The monoisotopic (exact) mass is 355 g/mol. The van der Waals surface area contributed by atoms with Crippen molar-refractivity contribution in [3.05, 3.63) is 64.4 Å². The topological polar surface area (TPSA) is 29.1 Å². The first-order valence-electron chi connectivity index (χ1n) is 6.01. The lowest BCUT2D eigenvalue weighted by atomic mass is 10.1.